The number of likely N-dealkylation sites (N-methyl/N-ethyl adjacent to an activating group) is 1. The predicted molar refractivity (Wildman–Crippen MR) is 82.5 cm³/mol. The van der Waals surface area contributed by atoms with Crippen molar-refractivity contribution in [3.63, 3.8) is 0 Å². The summed E-state index contributed by atoms with van der Waals surface area (Å²) in [6.07, 6.45) is 6.45. The maximum absolute atomic E-state index is 11.8. The van der Waals surface area contributed by atoms with Crippen molar-refractivity contribution < 1.29 is 14.6 Å². The van der Waals surface area contributed by atoms with Gasteiger partial charge in [-0.25, -0.2) is 0 Å². The van der Waals surface area contributed by atoms with E-state index >= 15 is 0 Å². The van der Waals surface area contributed by atoms with Crippen LogP contribution in [0.5, 0.6) is 0 Å². The van der Waals surface area contributed by atoms with E-state index in [2.05, 4.69) is 10.2 Å². The summed E-state index contributed by atoms with van der Waals surface area (Å²) in [4.78, 5) is 14.2. The zero-order chi connectivity index (χ0) is 15.3. The first-order valence-electron chi connectivity index (χ1n) is 8.36. The van der Waals surface area contributed by atoms with Crippen molar-refractivity contribution >= 4 is 5.97 Å². The van der Waals surface area contributed by atoms with Crippen LogP contribution in [0.25, 0.3) is 0 Å². The van der Waals surface area contributed by atoms with Crippen molar-refractivity contribution in [1.29, 1.82) is 0 Å². The Balaban J connectivity index is 1.90. The van der Waals surface area contributed by atoms with E-state index in [9.17, 15) is 9.90 Å². The number of carboxylic acids is 1. The molecule has 0 radical (unpaired) electrons. The Bertz CT molecular complexity index is 350. The van der Waals surface area contributed by atoms with Crippen LogP contribution < -0.4 is 5.32 Å². The van der Waals surface area contributed by atoms with Crippen LogP contribution in [0, 0.1) is 5.92 Å². The lowest BCUT2D eigenvalue weighted by molar-refractivity contribution is -0.146. The molecule has 2 rings (SSSR count). The number of rotatable bonds is 7. The third-order valence-electron chi connectivity index (χ3n) is 5.28. The Morgan fingerprint density at radius 3 is 2.90 bits per heavy atom. The molecule has 5 nitrogen and oxygen atoms in total. The largest absolute Gasteiger partial charge is 0.480 e. The van der Waals surface area contributed by atoms with Gasteiger partial charge in [-0.3, -0.25) is 4.79 Å². The van der Waals surface area contributed by atoms with Crippen LogP contribution in [0.1, 0.15) is 45.4 Å². The number of carboxylic acid groups (broad SMARTS) is 1. The van der Waals surface area contributed by atoms with Crippen molar-refractivity contribution in [3.05, 3.63) is 0 Å². The highest BCUT2D eigenvalue weighted by Crippen LogP contribution is 2.38. The molecule has 3 unspecified atom stereocenters. The zero-order valence-corrected chi connectivity index (χ0v) is 13.4. The van der Waals surface area contributed by atoms with E-state index in [1.54, 1.807) is 7.11 Å². The third-order valence-corrected chi connectivity index (χ3v) is 5.28. The first-order chi connectivity index (χ1) is 10.1. The standard InChI is InChI=1S/C16H30N2O3/c1-3-17-16(15(19)20)9-4-6-13(16)8-11-18-10-5-7-14(12-18)21-2/h13-14,17H,3-12H2,1-2H3,(H,19,20). The summed E-state index contributed by atoms with van der Waals surface area (Å²) in [6.45, 7) is 5.81. The zero-order valence-electron chi connectivity index (χ0n) is 13.4. The fourth-order valence-electron chi connectivity index (χ4n) is 4.12. The number of methoxy groups -OCH3 is 1. The van der Waals surface area contributed by atoms with Crippen LogP contribution in [0.15, 0.2) is 0 Å². The highest BCUT2D eigenvalue weighted by atomic mass is 16.5. The molecular weight excluding hydrogens is 268 g/mol. The topological polar surface area (TPSA) is 61.8 Å². The molecule has 0 aromatic carbocycles. The molecule has 2 aliphatic rings. The van der Waals surface area contributed by atoms with Gasteiger partial charge in [-0.15, -0.1) is 0 Å². The molecule has 1 heterocycles. The molecule has 3 atom stereocenters. The average molecular weight is 298 g/mol. The van der Waals surface area contributed by atoms with Crippen molar-refractivity contribution in [1.82, 2.24) is 10.2 Å². The van der Waals surface area contributed by atoms with Crippen molar-refractivity contribution in [2.45, 2.75) is 57.1 Å². The first kappa shape index (κ1) is 16.7. The van der Waals surface area contributed by atoms with E-state index in [0.29, 0.717) is 6.10 Å². The molecule has 0 spiro atoms. The van der Waals surface area contributed by atoms with Crippen LogP contribution >= 0.6 is 0 Å². The maximum Gasteiger partial charge on any atom is 0.324 e. The lowest BCUT2D eigenvalue weighted by atomic mass is 9.84. The van der Waals surface area contributed by atoms with E-state index in [1.165, 1.54) is 6.42 Å². The number of hydrogen-bond donors (Lipinski definition) is 2. The van der Waals surface area contributed by atoms with Gasteiger partial charge < -0.3 is 20.1 Å². The first-order valence-corrected chi connectivity index (χ1v) is 8.36. The number of likely N-dealkylation sites (tertiary alicyclic amines) is 1. The van der Waals surface area contributed by atoms with Crippen LogP contribution in [0.4, 0.5) is 0 Å². The minimum atomic E-state index is -0.689. The number of nitrogens with zero attached hydrogens (tertiary/aromatic N) is 1. The molecular formula is C16H30N2O3. The van der Waals surface area contributed by atoms with Gasteiger partial charge in [-0.2, -0.15) is 0 Å². The fraction of sp³-hybridized carbons (Fsp3) is 0.938. The molecule has 2 fully saturated rings. The van der Waals surface area contributed by atoms with Crippen LogP contribution in [0.2, 0.25) is 0 Å². The van der Waals surface area contributed by atoms with Gasteiger partial charge in [0.05, 0.1) is 6.10 Å². The molecule has 1 saturated heterocycles. The molecule has 21 heavy (non-hydrogen) atoms. The smallest absolute Gasteiger partial charge is 0.324 e. The average Bonchev–Trinajstić information content (AvgIpc) is 2.90. The Morgan fingerprint density at radius 1 is 1.43 bits per heavy atom. The predicted octanol–water partition coefficient (Wildman–Crippen LogP) is 1.72. The number of ether oxygens (including phenoxy) is 1. The molecule has 2 N–H and O–H groups in total. The van der Waals surface area contributed by atoms with Gasteiger partial charge in [0, 0.05) is 13.7 Å². The van der Waals surface area contributed by atoms with E-state index in [4.69, 9.17) is 4.74 Å². The molecule has 1 aliphatic carbocycles. The normalized spacial score (nSPS) is 34.2. The van der Waals surface area contributed by atoms with E-state index in [0.717, 1.165) is 58.3 Å². The van der Waals surface area contributed by atoms with Crippen LogP contribution in [-0.4, -0.2) is 60.9 Å². The highest BCUT2D eigenvalue weighted by molar-refractivity contribution is 5.79. The van der Waals surface area contributed by atoms with E-state index in [-0.39, 0.29) is 5.92 Å². The Hall–Kier alpha value is -0.650. The molecule has 1 saturated carbocycles. The Morgan fingerprint density at radius 2 is 2.24 bits per heavy atom. The summed E-state index contributed by atoms with van der Waals surface area (Å²) < 4.78 is 5.46. The number of aliphatic carboxylic acids is 1. The van der Waals surface area contributed by atoms with Gasteiger partial charge in [-0.05, 0) is 57.7 Å². The number of hydrogen-bond acceptors (Lipinski definition) is 4. The Kier molecular flexibility index (Phi) is 6.02. The lowest BCUT2D eigenvalue weighted by Gasteiger charge is -2.36. The quantitative estimate of drug-likeness (QED) is 0.749. The number of carbonyl (C=O) groups is 1. The summed E-state index contributed by atoms with van der Waals surface area (Å²) in [5.41, 5.74) is -0.689. The van der Waals surface area contributed by atoms with Gasteiger partial charge in [0.1, 0.15) is 5.54 Å². The fourth-order valence-corrected chi connectivity index (χ4v) is 4.12. The minimum Gasteiger partial charge on any atom is -0.480 e. The summed E-state index contributed by atoms with van der Waals surface area (Å²) >= 11 is 0. The third kappa shape index (κ3) is 3.76. The summed E-state index contributed by atoms with van der Waals surface area (Å²) in [6, 6.07) is 0. The molecule has 5 heteroatoms. The van der Waals surface area contributed by atoms with Gasteiger partial charge in [-0.1, -0.05) is 13.3 Å². The number of piperidine rings is 1. The second-order valence-corrected chi connectivity index (χ2v) is 6.49. The molecule has 122 valence electrons. The highest BCUT2D eigenvalue weighted by Gasteiger charge is 2.48. The van der Waals surface area contributed by atoms with Crippen molar-refractivity contribution in [2.75, 3.05) is 33.3 Å². The maximum atomic E-state index is 11.8. The number of nitrogens with one attached hydrogen (secondary N) is 1. The monoisotopic (exact) mass is 298 g/mol. The van der Waals surface area contributed by atoms with Crippen molar-refractivity contribution in [3.8, 4) is 0 Å². The van der Waals surface area contributed by atoms with Gasteiger partial charge >= 0.3 is 5.97 Å². The summed E-state index contributed by atoms with van der Waals surface area (Å²) in [5, 5.41) is 13.0. The lowest BCUT2D eigenvalue weighted by Crippen LogP contribution is -2.55. The molecule has 1 aliphatic heterocycles. The summed E-state index contributed by atoms with van der Waals surface area (Å²) in [7, 11) is 1.78. The Labute approximate surface area is 128 Å². The molecule has 0 amide bonds. The van der Waals surface area contributed by atoms with Gasteiger partial charge in [0.15, 0.2) is 0 Å². The SMILES string of the molecule is CCNC1(C(=O)O)CCCC1CCN1CCCC(OC)C1. The van der Waals surface area contributed by atoms with Crippen molar-refractivity contribution in [2.24, 2.45) is 5.92 Å². The second-order valence-electron chi connectivity index (χ2n) is 6.49. The molecule has 0 aromatic heterocycles. The van der Waals surface area contributed by atoms with E-state index < -0.39 is 11.5 Å². The van der Waals surface area contributed by atoms with E-state index in [1.807, 2.05) is 6.92 Å². The summed E-state index contributed by atoms with van der Waals surface area (Å²) in [5.74, 6) is -0.418. The van der Waals surface area contributed by atoms with Gasteiger partial charge in [0.2, 0.25) is 0 Å². The van der Waals surface area contributed by atoms with Crippen LogP contribution in [0.3, 0.4) is 0 Å². The molecule has 0 aromatic rings. The minimum absolute atomic E-state index is 0.248. The van der Waals surface area contributed by atoms with Gasteiger partial charge in [0.25, 0.3) is 0 Å². The molecule has 0 bridgehead atoms. The van der Waals surface area contributed by atoms with Crippen LogP contribution in [-0.2, 0) is 9.53 Å². The second kappa shape index (κ2) is 7.56.